The minimum absolute atomic E-state index is 0.000569. The number of nitrogens with one attached hydrogen (secondary N) is 4. The van der Waals surface area contributed by atoms with Crippen molar-refractivity contribution < 1.29 is 52.9 Å². The number of ether oxygens (including phenoxy) is 2. The molecule has 0 saturated carbocycles. The molecule has 0 bridgehead atoms. The van der Waals surface area contributed by atoms with Crippen molar-refractivity contribution >= 4 is 58.7 Å². The van der Waals surface area contributed by atoms with Crippen molar-refractivity contribution in [3.8, 4) is 5.75 Å². The smallest absolute Gasteiger partial charge is 0.415 e. The predicted octanol–water partition coefficient (Wildman–Crippen LogP) is 6.98. The number of hydrogen-bond donors (Lipinski definition) is 5. The van der Waals surface area contributed by atoms with Crippen LogP contribution in [-0.2, 0) is 20.9 Å². The molecular weight excluding hydrogens is 870 g/mol. The zero-order valence-corrected chi connectivity index (χ0v) is 37.0. The van der Waals surface area contributed by atoms with E-state index in [9.17, 15) is 42.9 Å². The standard InChI is InChI=1S/C27H24ClFN4O7.C16H23FN4O2.C2H6/c28-23-11-6-19(13-24(23)29)30-25(34)18-12-20(31-26(35)39-16-17-4-2-1-3-5-17)15-32(14-18)27(36)40-22-9-7-21(8-10-22)33(37)38;1-2-6-19-16(23)21-9-11(7-13(18)10-21)15(22)20-14-5-3-4-12(17)8-14;1-2/h1-11,13,18,20H,12,14-16H2,(H,30,34)(H,31,35);3-5,8,11,13H,2,6-7,9-10,18H2,1H3,(H,19,23)(H,20,22);1-2H3/p+1/t18-,20+;11-,13+;/m00./s1. The number of piperidine rings is 2. The zero-order valence-electron chi connectivity index (χ0n) is 36.3. The molecule has 0 aliphatic carbocycles. The van der Waals surface area contributed by atoms with Gasteiger partial charge in [-0.05, 0) is 66.9 Å². The molecule has 0 radical (unpaired) electrons. The summed E-state index contributed by atoms with van der Waals surface area (Å²) < 4.78 is 37.7. The summed E-state index contributed by atoms with van der Waals surface area (Å²) in [5, 5.41) is 21.6. The molecule has 65 heavy (non-hydrogen) atoms. The van der Waals surface area contributed by atoms with Gasteiger partial charge >= 0.3 is 18.2 Å². The summed E-state index contributed by atoms with van der Waals surface area (Å²) in [5.41, 5.74) is 5.20. The number of rotatable bonds is 11. The van der Waals surface area contributed by atoms with Crippen LogP contribution >= 0.6 is 11.6 Å². The number of halogens is 3. The number of benzene rings is 4. The Morgan fingerprint density at radius 1 is 0.815 bits per heavy atom. The zero-order chi connectivity index (χ0) is 47.5. The third-order valence-electron chi connectivity index (χ3n) is 9.87. The Kier molecular flexibility index (Phi) is 19.9. The molecule has 6 amide bonds. The molecule has 20 heteroatoms. The molecule has 0 aromatic heterocycles. The van der Waals surface area contributed by atoms with E-state index in [0.29, 0.717) is 31.7 Å². The molecule has 2 fully saturated rings. The maximum Gasteiger partial charge on any atom is 0.415 e. The van der Waals surface area contributed by atoms with Crippen molar-refractivity contribution in [2.45, 2.75) is 58.7 Å². The SMILES string of the molecule is CC.CCCNC(=O)N1C[C@H]([NH3+])C[C@H](C(=O)Nc2cccc(F)c2)C1.O=C(N[C@@H]1C[C@H](C(=O)Nc2ccc(Cl)c(F)c2)CN(C(=O)Oc2ccc([N+](=O)[O-])cc2)C1)OCc1ccccc1. The van der Waals surface area contributed by atoms with Crippen LogP contribution in [0, 0.1) is 33.6 Å². The normalized spacial score (nSPS) is 17.6. The summed E-state index contributed by atoms with van der Waals surface area (Å²) in [6, 6.07) is 22.7. The first-order valence-corrected chi connectivity index (χ1v) is 21.4. The lowest BCUT2D eigenvalue weighted by atomic mass is 9.93. The largest absolute Gasteiger partial charge is 0.445 e. The van der Waals surface area contributed by atoms with Crippen LogP contribution in [0.4, 0.5) is 40.2 Å². The predicted molar refractivity (Wildman–Crippen MR) is 239 cm³/mol. The molecule has 0 unspecified atom stereocenters. The summed E-state index contributed by atoms with van der Waals surface area (Å²) in [5.74, 6) is -2.93. The van der Waals surface area contributed by atoms with Gasteiger partial charge in [0.05, 0.1) is 34.4 Å². The van der Waals surface area contributed by atoms with Crippen LogP contribution in [0.15, 0.2) is 97.1 Å². The number of amides is 6. The number of urea groups is 1. The fourth-order valence-corrected chi connectivity index (χ4v) is 6.92. The maximum atomic E-state index is 13.9. The summed E-state index contributed by atoms with van der Waals surface area (Å²) in [4.78, 5) is 76.2. The summed E-state index contributed by atoms with van der Waals surface area (Å²) in [6.45, 7) is 7.45. The van der Waals surface area contributed by atoms with Crippen molar-refractivity contribution in [2.24, 2.45) is 11.8 Å². The van der Waals surface area contributed by atoms with Crippen LogP contribution in [-0.4, -0.2) is 89.6 Å². The van der Waals surface area contributed by atoms with E-state index in [0.717, 1.165) is 18.1 Å². The molecule has 0 spiro atoms. The van der Waals surface area contributed by atoms with Crippen LogP contribution in [0.25, 0.3) is 0 Å². The van der Waals surface area contributed by atoms with E-state index < -0.39 is 46.6 Å². The second-order valence-electron chi connectivity index (χ2n) is 14.9. The Labute approximate surface area is 380 Å². The number of quaternary nitrogens is 1. The van der Waals surface area contributed by atoms with Gasteiger partial charge in [0.15, 0.2) is 0 Å². The fourth-order valence-electron chi connectivity index (χ4n) is 6.81. The van der Waals surface area contributed by atoms with Gasteiger partial charge < -0.3 is 46.3 Å². The first kappa shape index (κ1) is 50.8. The molecule has 4 atom stereocenters. The Balaban J connectivity index is 0.000000314. The quantitative estimate of drug-likeness (QED) is 0.0771. The number of nitro groups is 1. The first-order chi connectivity index (χ1) is 31.2. The molecule has 2 saturated heterocycles. The average Bonchev–Trinajstić information content (AvgIpc) is 3.29. The van der Waals surface area contributed by atoms with E-state index in [1.807, 2.05) is 39.0 Å². The van der Waals surface area contributed by atoms with Gasteiger partial charge in [-0.3, -0.25) is 19.7 Å². The van der Waals surface area contributed by atoms with Gasteiger partial charge in [-0.15, -0.1) is 0 Å². The Hall–Kier alpha value is -6.86. The summed E-state index contributed by atoms with van der Waals surface area (Å²) >= 11 is 5.71. The molecule has 2 heterocycles. The second-order valence-corrected chi connectivity index (χ2v) is 15.3. The summed E-state index contributed by atoms with van der Waals surface area (Å²) in [6.07, 6.45) is 0.0610. The van der Waals surface area contributed by atoms with Crippen molar-refractivity contribution in [3.05, 3.63) is 129 Å². The minimum Gasteiger partial charge on any atom is -0.445 e. The van der Waals surface area contributed by atoms with E-state index >= 15 is 0 Å². The van der Waals surface area contributed by atoms with Gasteiger partial charge in [0, 0.05) is 56.1 Å². The van der Waals surface area contributed by atoms with Gasteiger partial charge in [0.2, 0.25) is 11.8 Å². The highest BCUT2D eigenvalue weighted by molar-refractivity contribution is 6.30. The van der Waals surface area contributed by atoms with E-state index in [1.165, 1.54) is 53.4 Å². The molecule has 2 aliphatic rings. The molecule has 6 rings (SSSR count). The highest BCUT2D eigenvalue weighted by Gasteiger charge is 2.37. The molecular formula is C45H54ClF2N8O9+. The number of hydrogen-bond acceptors (Lipinski definition) is 9. The number of alkyl carbamates (subject to hydrolysis) is 1. The average molecular weight is 924 g/mol. The Morgan fingerprint density at radius 2 is 1.46 bits per heavy atom. The Bertz CT molecular complexity index is 2240. The van der Waals surface area contributed by atoms with Gasteiger partial charge in [-0.1, -0.05) is 68.8 Å². The molecule has 348 valence electrons. The van der Waals surface area contributed by atoms with Crippen molar-refractivity contribution in [1.82, 2.24) is 20.4 Å². The number of carbonyl (C=O) groups excluding carboxylic acids is 5. The lowest BCUT2D eigenvalue weighted by Crippen LogP contribution is -2.70. The van der Waals surface area contributed by atoms with Crippen LogP contribution in [0.3, 0.4) is 0 Å². The van der Waals surface area contributed by atoms with Crippen LogP contribution < -0.4 is 31.7 Å². The molecule has 17 nitrogen and oxygen atoms in total. The topological polar surface area (TPSA) is 229 Å². The van der Waals surface area contributed by atoms with Crippen molar-refractivity contribution in [1.29, 1.82) is 0 Å². The van der Waals surface area contributed by atoms with E-state index in [2.05, 4.69) is 27.0 Å². The van der Waals surface area contributed by atoms with E-state index in [4.69, 9.17) is 21.1 Å². The van der Waals surface area contributed by atoms with E-state index in [1.54, 1.807) is 29.2 Å². The fraction of sp³-hybridized carbons (Fsp3) is 0.356. The number of anilines is 2. The number of nitro benzene ring substituents is 1. The monoisotopic (exact) mass is 923 g/mol. The first-order valence-electron chi connectivity index (χ1n) is 21.0. The number of nitrogens with zero attached hydrogens (tertiary/aromatic N) is 3. The highest BCUT2D eigenvalue weighted by atomic mass is 35.5. The number of carbonyl (C=O) groups is 5. The highest BCUT2D eigenvalue weighted by Crippen LogP contribution is 2.25. The van der Waals surface area contributed by atoms with Crippen molar-refractivity contribution in [2.75, 3.05) is 43.4 Å². The number of non-ortho nitro benzene ring substituents is 1. The second kappa shape index (κ2) is 25.4. The van der Waals surface area contributed by atoms with Crippen LogP contribution in [0.5, 0.6) is 5.75 Å². The van der Waals surface area contributed by atoms with Crippen LogP contribution in [0.1, 0.15) is 45.6 Å². The van der Waals surface area contributed by atoms with E-state index in [-0.39, 0.29) is 72.2 Å². The van der Waals surface area contributed by atoms with Gasteiger partial charge in [0.25, 0.3) is 5.69 Å². The Morgan fingerprint density at radius 3 is 2.09 bits per heavy atom. The molecule has 4 aromatic carbocycles. The van der Waals surface area contributed by atoms with Gasteiger partial charge in [-0.2, -0.15) is 0 Å². The maximum absolute atomic E-state index is 13.9. The van der Waals surface area contributed by atoms with Crippen molar-refractivity contribution in [3.63, 3.8) is 0 Å². The molecule has 7 N–H and O–H groups in total. The lowest BCUT2D eigenvalue weighted by molar-refractivity contribution is -0.427. The lowest BCUT2D eigenvalue weighted by Gasteiger charge is -2.36. The third-order valence-corrected chi connectivity index (χ3v) is 10.2. The number of likely N-dealkylation sites (tertiary alicyclic amines) is 2. The summed E-state index contributed by atoms with van der Waals surface area (Å²) in [7, 11) is 0. The molecule has 2 aliphatic heterocycles. The van der Waals surface area contributed by atoms with Crippen LogP contribution in [0.2, 0.25) is 5.02 Å². The van der Waals surface area contributed by atoms with Gasteiger partial charge in [0.1, 0.15) is 30.0 Å². The molecule has 4 aromatic rings. The van der Waals surface area contributed by atoms with Gasteiger partial charge in [-0.25, -0.2) is 23.2 Å². The minimum atomic E-state index is -0.826. The third kappa shape index (κ3) is 16.3.